The summed E-state index contributed by atoms with van der Waals surface area (Å²) < 4.78 is 6.13. The van der Waals surface area contributed by atoms with Gasteiger partial charge in [0.05, 0.1) is 19.4 Å². The summed E-state index contributed by atoms with van der Waals surface area (Å²) in [5.41, 5.74) is 3.42. The first-order chi connectivity index (χ1) is 12.5. The number of carbonyl (C=O) groups excluding carboxylic acids is 2. The molecule has 0 unspecified atom stereocenters. The molecule has 0 fully saturated rings. The summed E-state index contributed by atoms with van der Waals surface area (Å²) >= 11 is 3.29. The van der Waals surface area contributed by atoms with E-state index >= 15 is 0 Å². The number of hydrazone groups is 1. The van der Waals surface area contributed by atoms with Crippen molar-refractivity contribution in [2.45, 2.75) is 6.92 Å². The van der Waals surface area contributed by atoms with Crippen LogP contribution >= 0.6 is 15.9 Å². The van der Waals surface area contributed by atoms with Crippen LogP contribution in [-0.2, 0) is 4.79 Å². The molecule has 0 saturated heterocycles. The zero-order valence-electron chi connectivity index (χ0n) is 14.0. The molecule has 0 aromatic heterocycles. The van der Waals surface area contributed by atoms with Crippen molar-refractivity contribution in [2.24, 2.45) is 5.10 Å². The topological polar surface area (TPSA) is 100 Å². The number of carbonyl (C=O) groups is 2. The molecule has 2 aromatic carbocycles. The Labute approximate surface area is 159 Å². The third-order valence-electron chi connectivity index (χ3n) is 3.20. The van der Waals surface area contributed by atoms with Gasteiger partial charge in [-0.15, -0.1) is 0 Å². The predicted octanol–water partition coefficient (Wildman–Crippen LogP) is 2.43. The summed E-state index contributed by atoms with van der Waals surface area (Å²) in [5, 5.41) is 16.0. The fourth-order valence-corrected chi connectivity index (χ4v) is 2.23. The average molecular weight is 420 g/mol. The fourth-order valence-electron chi connectivity index (χ4n) is 1.96. The molecular formula is C18H18BrN3O4. The minimum atomic E-state index is -0.462. The van der Waals surface area contributed by atoms with Crippen molar-refractivity contribution in [3.63, 3.8) is 0 Å². The summed E-state index contributed by atoms with van der Waals surface area (Å²) in [6, 6.07) is 11.5. The van der Waals surface area contributed by atoms with E-state index in [0.717, 1.165) is 4.47 Å². The Morgan fingerprint density at radius 2 is 1.96 bits per heavy atom. The molecule has 3 N–H and O–H groups in total. The quantitative estimate of drug-likeness (QED) is 0.473. The third kappa shape index (κ3) is 5.89. The van der Waals surface area contributed by atoms with Gasteiger partial charge < -0.3 is 15.2 Å². The lowest BCUT2D eigenvalue weighted by molar-refractivity contribution is -0.120. The van der Waals surface area contributed by atoms with Crippen LogP contribution in [0.1, 0.15) is 22.8 Å². The highest BCUT2D eigenvalue weighted by atomic mass is 79.9. The van der Waals surface area contributed by atoms with Crippen LogP contribution in [0.4, 0.5) is 0 Å². The number of nitrogens with zero attached hydrogens (tertiary/aromatic N) is 1. The van der Waals surface area contributed by atoms with Crippen molar-refractivity contribution in [2.75, 3.05) is 13.2 Å². The lowest BCUT2D eigenvalue weighted by atomic mass is 10.2. The Bertz CT molecular complexity index is 807. The minimum absolute atomic E-state index is 0.0312. The van der Waals surface area contributed by atoms with Gasteiger partial charge in [-0.2, -0.15) is 5.10 Å². The molecule has 0 heterocycles. The molecule has 0 aliphatic rings. The largest absolute Gasteiger partial charge is 0.504 e. The number of hydrogen-bond donors (Lipinski definition) is 3. The number of benzene rings is 2. The zero-order chi connectivity index (χ0) is 18.9. The smallest absolute Gasteiger partial charge is 0.259 e. The molecule has 0 bridgehead atoms. The maximum Gasteiger partial charge on any atom is 0.259 e. The van der Waals surface area contributed by atoms with Crippen LogP contribution in [0.25, 0.3) is 0 Å². The van der Waals surface area contributed by atoms with Crippen molar-refractivity contribution in [3.8, 4) is 11.5 Å². The van der Waals surface area contributed by atoms with Gasteiger partial charge >= 0.3 is 0 Å². The van der Waals surface area contributed by atoms with E-state index < -0.39 is 5.91 Å². The highest BCUT2D eigenvalue weighted by Crippen LogP contribution is 2.26. The number of nitrogens with one attached hydrogen (secondary N) is 2. The van der Waals surface area contributed by atoms with E-state index in [9.17, 15) is 14.7 Å². The van der Waals surface area contributed by atoms with Crippen LogP contribution in [0.5, 0.6) is 11.5 Å². The van der Waals surface area contributed by atoms with Crippen LogP contribution in [0.2, 0.25) is 0 Å². The summed E-state index contributed by atoms with van der Waals surface area (Å²) in [4.78, 5) is 23.6. The molecule has 0 saturated carbocycles. The first kappa shape index (κ1) is 19.5. The van der Waals surface area contributed by atoms with Gasteiger partial charge in [0.2, 0.25) is 0 Å². The number of amides is 2. The Kier molecular flexibility index (Phi) is 7.16. The van der Waals surface area contributed by atoms with Gasteiger partial charge in [-0.05, 0) is 55.0 Å². The Hall–Kier alpha value is -2.87. The molecule has 8 heteroatoms. The van der Waals surface area contributed by atoms with Gasteiger partial charge in [-0.3, -0.25) is 9.59 Å². The summed E-state index contributed by atoms with van der Waals surface area (Å²) in [5.74, 6) is -0.444. The molecule has 2 aromatic rings. The molecule has 0 aliphatic heterocycles. The maximum atomic E-state index is 11.9. The molecule has 26 heavy (non-hydrogen) atoms. The average Bonchev–Trinajstić information content (AvgIpc) is 2.63. The maximum absolute atomic E-state index is 11.9. The molecule has 7 nitrogen and oxygen atoms in total. The van der Waals surface area contributed by atoms with Crippen LogP contribution in [0, 0.1) is 0 Å². The van der Waals surface area contributed by atoms with Crippen molar-refractivity contribution in [3.05, 3.63) is 58.1 Å². The number of phenols is 1. The molecule has 2 amide bonds. The van der Waals surface area contributed by atoms with E-state index in [-0.39, 0.29) is 18.2 Å². The summed E-state index contributed by atoms with van der Waals surface area (Å²) in [6.07, 6.45) is 1.41. The van der Waals surface area contributed by atoms with Crippen LogP contribution in [-0.4, -0.2) is 36.3 Å². The van der Waals surface area contributed by atoms with Crippen LogP contribution < -0.4 is 15.5 Å². The first-order valence-corrected chi connectivity index (χ1v) is 8.60. The third-order valence-corrected chi connectivity index (χ3v) is 3.73. The molecule has 136 valence electrons. The number of hydrogen-bond acceptors (Lipinski definition) is 5. The van der Waals surface area contributed by atoms with Crippen LogP contribution in [0.3, 0.4) is 0 Å². The second kappa shape index (κ2) is 9.57. The van der Waals surface area contributed by atoms with E-state index in [1.807, 2.05) is 6.92 Å². The van der Waals surface area contributed by atoms with E-state index in [0.29, 0.717) is 23.5 Å². The van der Waals surface area contributed by atoms with Crippen molar-refractivity contribution in [1.29, 1.82) is 0 Å². The van der Waals surface area contributed by atoms with Crippen molar-refractivity contribution < 1.29 is 19.4 Å². The lowest BCUT2D eigenvalue weighted by Crippen LogP contribution is -2.34. The molecule has 2 rings (SSSR count). The second-order valence-electron chi connectivity index (χ2n) is 5.14. The first-order valence-electron chi connectivity index (χ1n) is 7.81. The second-order valence-corrected chi connectivity index (χ2v) is 6.06. The predicted molar refractivity (Wildman–Crippen MR) is 101 cm³/mol. The highest BCUT2D eigenvalue weighted by molar-refractivity contribution is 9.10. The van der Waals surface area contributed by atoms with Gasteiger partial charge in [0.15, 0.2) is 11.5 Å². The molecular weight excluding hydrogens is 402 g/mol. The van der Waals surface area contributed by atoms with E-state index in [1.165, 1.54) is 12.3 Å². The standard InChI is InChI=1S/C18H18BrN3O4/c1-2-26-16-9-12(3-8-15(16)23)10-21-22-17(24)11-20-18(25)13-4-6-14(19)7-5-13/h3-10,23H,2,11H2,1H3,(H,20,25)(H,22,24). The SMILES string of the molecule is CCOc1cc(C=NNC(=O)CNC(=O)c2ccc(Br)cc2)ccc1O. The molecule has 0 radical (unpaired) electrons. The normalized spacial score (nSPS) is 10.5. The molecule has 0 spiro atoms. The molecule has 0 atom stereocenters. The van der Waals surface area contributed by atoms with Gasteiger partial charge in [0, 0.05) is 10.0 Å². The van der Waals surface area contributed by atoms with E-state index in [2.05, 4.69) is 31.8 Å². The van der Waals surface area contributed by atoms with Gasteiger partial charge in [0.1, 0.15) is 0 Å². The van der Waals surface area contributed by atoms with Crippen LogP contribution in [0.15, 0.2) is 52.0 Å². The van der Waals surface area contributed by atoms with Crippen molar-refractivity contribution in [1.82, 2.24) is 10.7 Å². The Morgan fingerprint density at radius 3 is 2.65 bits per heavy atom. The Balaban J connectivity index is 1.83. The Morgan fingerprint density at radius 1 is 1.23 bits per heavy atom. The van der Waals surface area contributed by atoms with E-state index in [4.69, 9.17) is 4.74 Å². The summed E-state index contributed by atoms with van der Waals surface area (Å²) in [7, 11) is 0. The highest BCUT2D eigenvalue weighted by Gasteiger charge is 2.07. The van der Waals surface area contributed by atoms with Crippen molar-refractivity contribution >= 4 is 34.0 Å². The number of phenolic OH excluding ortho intramolecular Hbond substituents is 1. The summed E-state index contributed by atoms with van der Waals surface area (Å²) in [6.45, 7) is 2.03. The van der Waals surface area contributed by atoms with Gasteiger partial charge in [-0.25, -0.2) is 5.43 Å². The number of aromatic hydroxyl groups is 1. The lowest BCUT2D eigenvalue weighted by Gasteiger charge is -2.06. The number of halogens is 1. The number of rotatable bonds is 7. The number of ether oxygens (including phenoxy) is 1. The van der Waals surface area contributed by atoms with E-state index in [1.54, 1.807) is 36.4 Å². The fraction of sp³-hybridized carbons (Fsp3) is 0.167. The van der Waals surface area contributed by atoms with Gasteiger partial charge in [0.25, 0.3) is 11.8 Å². The monoisotopic (exact) mass is 419 g/mol. The minimum Gasteiger partial charge on any atom is -0.504 e. The molecule has 0 aliphatic carbocycles. The van der Waals surface area contributed by atoms with Gasteiger partial charge in [-0.1, -0.05) is 15.9 Å². The zero-order valence-corrected chi connectivity index (χ0v) is 15.6.